The summed E-state index contributed by atoms with van der Waals surface area (Å²) in [5.74, 6) is 0. The normalized spacial score (nSPS) is 11.5. The van der Waals surface area contributed by atoms with Crippen molar-refractivity contribution in [1.29, 1.82) is 0 Å². The Morgan fingerprint density at radius 2 is 1.35 bits per heavy atom. The SMILES string of the molecule is C=CCCc1ccc2c(ccc3cc(CC/C=C/C)ccc32)c1. The molecule has 0 heterocycles. The van der Waals surface area contributed by atoms with Gasteiger partial charge in [0.1, 0.15) is 0 Å². The van der Waals surface area contributed by atoms with Gasteiger partial charge in [0.15, 0.2) is 0 Å². The predicted molar refractivity (Wildman–Crippen MR) is 103 cm³/mol. The zero-order valence-corrected chi connectivity index (χ0v) is 13.9. The van der Waals surface area contributed by atoms with Gasteiger partial charge in [-0.25, -0.2) is 0 Å². The van der Waals surface area contributed by atoms with Crippen molar-refractivity contribution in [2.45, 2.75) is 32.6 Å². The number of aryl methyl sites for hydroxylation is 2. The third-order valence-electron chi connectivity index (χ3n) is 4.44. The first-order chi connectivity index (χ1) is 11.3. The van der Waals surface area contributed by atoms with Crippen LogP contribution in [0.3, 0.4) is 0 Å². The minimum Gasteiger partial charge on any atom is -0.103 e. The molecule has 23 heavy (non-hydrogen) atoms. The van der Waals surface area contributed by atoms with Gasteiger partial charge in [-0.05, 0) is 65.3 Å². The van der Waals surface area contributed by atoms with Crippen molar-refractivity contribution in [3.8, 4) is 0 Å². The lowest BCUT2D eigenvalue weighted by molar-refractivity contribution is 1.00. The van der Waals surface area contributed by atoms with Crippen molar-refractivity contribution >= 4 is 21.5 Å². The molecule has 0 radical (unpaired) electrons. The number of rotatable bonds is 6. The monoisotopic (exact) mass is 300 g/mol. The van der Waals surface area contributed by atoms with E-state index in [2.05, 4.69) is 74.2 Å². The first-order valence-corrected chi connectivity index (χ1v) is 8.48. The minimum atomic E-state index is 1.04. The topological polar surface area (TPSA) is 0 Å². The van der Waals surface area contributed by atoms with E-state index in [9.17, 15) is 0 Å². The van der Waals surface area contributed by atoms with Gasteiger partial charge in [-0.3, -0.25) is 0 Å². The standard InChI is InChI=1S/C23H24/c1-3-5-7-9-19-11-15-23-21(17-19)13-12-20-16-18(8-6-4-2)10-14-22(20)23/h3-5,10-17H,2,6-9H2,1H3/b5-3+. The number of allylic oxidation sites excluding steroid dienone is 3. The lowest BCUT2D eigenvalue weighted by Gasteiger charge is -2.08. The summed E-state index contributed by atoms with van der Waals surface area (Å²) in [5, 5.41) is 5.38. The maximum Gasteiger partial charge on any atom is -0.0105 e. The van der Waals surface area contributed by atoms with Crippen LogP contribution in [0, 0.1) is 0 Å². The van der Waals surface area contributed by atoms with Crippen LogP contribution in [0.1, 0.15) is 30.9 Å². The Kier molecular flexibility index (Phi) is 4.92. The van der Waals surface area contributed by atoms with Crippen molar-refractivity contribution in [1.82, 2.24) is 0 Å². The van der Waals surface area contributed by atoms with Crippen molar-refractivity contribution in [2.75, 3.05) is 0 Å². The van der Waals surface area contributed by atoms with Gasteiger partial charge in [0.05, 0.1) is 0 Å². The van der Waals surface area contributed by atoms with Crippen LogP contribution in [0.25, 0.3) is 21.5 Å². The quantitative estimate of drug-likeness (QED) is 0.354. The fourth-order valence-electron chi connectivity index (χ4n) is 3.17. The molecule has 0 N–H and O–H groups in total. The summed E-state index contributed by atoms with van der Waals surface area (Å²) < 4.78 is 0. The van der Waals surface area contributed by atoms with E-state index >= 15 is 0 Å². The van der Waals surface area contributed by atoms with Crippen molar-refractivity contribution in [3.63, 3.8) is 0 Å². The second kappa shape index (κ2) is 7.28. The summed E-state index contributed by atoms with van der Waals surface area (Å²) >= 11 is 0. The maximum atomic E-state index is 3.81. The summed E-state index contributed by atoms with van der Waals surface area (Å²) in [6.45, 7) is 5.89. The number of hydrogen-bond acceptors (Lipinski definition) is 0. The molecule has 0 nitrogen and oxygen atoms in total. The second-order valence-corrected chi connectivity index (χ2v) is 6.11. The molecule has 0 aliphatic rings. The largest absolute Gasteiger partial charge is 0.103 e. The van der Waals surface area contributed by atoms with Crippen LogP contribution < -0.4 is 0 Å². The molecule has 0 aliphatic heterocycles. The van der Waals surface area contributed by atoms with E-state index in [-0.39, 0.29) is 0 Å². The van der Waals surface area contributed by atoms with E-state index < -0.39 is 0 Å². The summed E-state index contributed by atoms with van der Waals surface area (Å²) in [5.41, 5.74) is 2.80. The minimum absolute atomic E-state index is 1.04. The molecular formula is C23H24. The summed E-state index contributed by atoms with van der Waals surface area (Å²) in [6, 6.07) is 18.3. The van der Waals surface area contributed by atoms with Gasteiger partial charge < -0.3 is 0 Å². The van der Waals surface area contributed by atoms with E-state index in [1.54, 1.807) is 0 Å². The molecule has 0 aromatic heterocycles. The molecule has 0 aliphatic carbocycles. The molecular weight excluding hydrogens is 276 g/mol. The summed E-state index contributed by atoms with van der Waals surface area (Å²) in [6.07, 6.45) is 10.7. The maximum absolute atomic E-state index is 3.81. The second-order valence-electron chi connectivity index (χ2n) is 6.11. The van der Waals surface area contributed by atoms with Gasteiger partial charge in [0.2, 0.25) is 0 Å². The Balaban J connectivity index is 1.97. The van der Waals surface area contributed by atoms with Gasteiger partial charge in [-0.15, -0.1) is 6.58 Å². The van der Waals surface area contributed by atoms with Crippen LogP contribution in [0.2, 0.25) is 0 Å². The molecule has 0 amide bonds. The highest BCUT2D eigenvalue weighted by Crippen LogP contribution is 2.27. The molecule has 3 rings (SSSR count). The summed E-state index contributed by atoms with van der Waals surface area (Å²) in [7, 11) is 0. The Morgan fingerprint density at radius 1 is 0.783 bits per heavy atom. The van der Waals surface area contributed by atoms with E-state index in [1.807, 2.05) is 6.08 Å². The molecule has 3 aromatic rings. The molecule has 0 unspecified atom stereocenters. The van der Waals surface area contributed by atoms with Crippen LogP contribution in [-0.2, 0) is 12.8 Å². The Hall–Kier alpha value is -2.34. The molecule has 0 atom stereocenters. The zero-order valence-electron chi connectivity index (χ0n) is 13.9. The first kappa shape index (κ1) is 15.6. The Morgan fingerprint density at radius 3 is 1.87 bits per heavy atom. The highest BCUT2D eigenvalue weighted by Gasteiger charge is 2.03. The van der Waals surface area contributed by atoms with Crippen molar-refractivity contribution in [2.24, 2.45) is 0 Å². The molecule has 116 valence electrons. The number of fused-ring (bicyclic) bond motifs is 3. The fraction of sp³-hybridized carbons (Fsp3) is 0.217. The average Bonchev–Trinajstić information content (AvgIpc) is 2.59. The molecule has 0 saturated carbocycles. The van der Waals surface area contributed by atoms with E-state index in [4.69, 9.17) is 0 Å². The zero-order chi connectivity index (χ0) is 16.1. The number of hydrogen-bond donors (Lipinski definition) is 0. The Labute approximate surface area is 139 Å². The third-order valence-corrected chi connectivity index (χ3v) is 4.44. The highest BCUT2D eigenvalue weighted by molar-refractivity contribution is 6.07. The predicted octanol–water partition coefficient (Wildman–Crippen LogP) is 6.62. The molecule has 0 heteroatoms. The van der Waals surface area contributed by atoms with E-state index in [0.717, 1.165) is 25.7 Å². The lowest BCUT2D eigenvalue weighted by Crippen LogP contribution is -1.87. The lowest BCUT2D eigenvalue weighted by atomic mass is 9.96. The molecule has 0 bridgehead atoms. The number of benzene rings is 3. The third kappa shape index (κ3) is 3.53. The molecule has 0 fully saturated rings. The van der Waals surface area contributed by atoms with E-state index in [1.165, 1.54) is 32.7 Å². The van der Waals surface area contributed by atoms with Gasteiger partial charge in [0.25, 0.3) is 0 Å². The highest BCUT2D eigenvalue weighted by atomic mass is 14.1. The van der Waals surface area contributed by atoms with Gasteiger partial charge in [-0.1, -0.05) is 66.8 Å². The van der Waals surface area contributed by atoms with Crippen LogP contribution in [-0.4, -0.2) is 0 Å². The molecule has 0 saturated heterocycles. The first-order valence-electron chi connectivity index (χ1n) is 8.48. The van der Waals surface area contributed by atoms with Crippen LogP contribution in [0.5, 0.6) is 0 Å². The molecule has 0 spiro atoms. The van der Waals surface area contributed by atoms with Crippen molar-refractivity contribution in [3.05, 3.63) is 84.5 Å². The Bertz CT molecular complexity index is 852. The van der Waals surface area contributed by atoms with E-state index in [0.29, 0.717) is 0 Å². The van der Waals surface area contributed by atoms with Crippen LogP contribution >= 0.6 is 0 Å². The van der Waals surface area contributed by atoms with Gasteiger partial charge in [0, 0.05) is 0 Å². The van der Waals surface area contributed by atoms with Crippen molar-refractivity contribution < 1.29 is 0 Å². The smallest absolute Gasteiger partial charge is 0.0105 e. The van der Waals surface area contributed by atoms with Gasteiger partial charge >= 0.3 is 0 Å². The fourth-order valence-corrected chi connectivity index (χ4v) is 3.17. The average molecular weight is 300 g/mol. The van der Waals surface area contributed by atoms with Crippen LogP contribution in [0.15, 0.2) is 73.3 Å². The van der Waals surface area contributed by atoms with Crippen LogP contribution in [0.4, 0.5) is 0 Å². The molecule has 3 aromatic carbocycles. The summed E-state index contributed by atoms with van der Waals surface area (Å²) in [4.78, 5) is 0. The van der Waals surface area contributed by atoms with Gasteiger partial charge in [-0.2, -0.15) is 0 Å².